The molecule has 7 aromatic rings. The van der Waals surface area contributed by atoms with E-state index in [1.807, 2.05) is 59.5 Å². The van der Waals surface area contributed by atoms with Gasteiger partial charge in [-0.1, -0.05) is 37.3 Å². The Balaban J connectivity index is 0.000000139. The van der Waals surface area contributed by atoms with Crippen molar-refractivity contribution < 1.29 is 56.1 Å². The van der Waals surface area contributed by atoms with Gasteiger partial charge in [0.05, 0.1) is 24.2 Å². The lowest BCUT2D eigenvalue weighted by Gasteiger charge is -2.58. The molecular weight excluding hydrogens is 1250 g/mol. The molecule has 4 aromatic heterocycles. The first-order valence-electron chi connectivity index (χ1n) is 31.6. The number of para-hydroxylation sites is 1. The molecule has 3 aliphatic heterocycles. The summed E-state index contributed by atoms with van der Waals surface area (Å²) in [6.45, 7) is 11.5. The summed E-state index contributed by atoms with van der Waals surface area (Å²) in [7, 11) is 0. The quantitative estimate of drug-likeness (QED) is 0.0377. The fourth-order valence-corrected chi connectivity index (χ4v) is 14.2. The minimum Gasteiger partial charge on any atom is -0.490 e. The molecule has 12 N–H and O–H groups in total. The zero-order valence-corrected chi connectivity index (χ0v) is 53.2. The Morgan fingerprint density at radius 3 is 1.44 bits per heavy atom. The third kappa shape index (κ3) is 13.5. The number of aromatic nitrogens is 7. The summed E-state index contributed by atoms with van der Waals surface area (Å²) in [5.74, 6) is 5.51. The number of carbonyl (C=O) groups is 6. The van der Waals surface area contributed by atoms with Crippen molar-refractivity contribution in [3.05, 3.63) is 139 Å². The standard InChI is InChI=1S/C25H26N6O3.C22H22F3N5O3.C22H25N5O3/c1-2-20(32)30-11-10-25(15-30)12-17(13-25)31-23(26)21(24(27)33)22(29-31)16-8-9-19(28-14-16)34-18-6-4-3-5-7-18;1-2-3-16(31)29-10-21(11-29)8-14(9-21)30-19(26)17(20(27)32)18(28-30)13-4-6-15(7-5-13)33-12-22(23,24)25;1-2-17(28)26-11-22(12-26)9-14(10-22)27-20(23)18(21(24)29)19(25-27)13-3-5-15(6-4-13)30-16-7-8-16/h2-9,14,17H,1,10-13,15,26H2,(H2,27,33);4-7,14H,8-12,26H2,1H3,(H2,27,32);2-6,14,16H,1,7-12,23H2,(H2,24,29). The molecule has 0 unspecified atom stereocenters. The number of carbonyl (C=O) groups excluding carboxylic acids is 6. The summed E-state index contributed by atoms with van der Waals surface area (Å²) in [4.78, 5) is 81.7. The molecule has 4 aliphatic carbocycles. The van der Waals surface area contributed by atoms with Crippen LogP contribution in [-0.4, -0.2) is 143 Å². The minimum absolute atomic E-state index is 0.00133. The van der Waals surface area contributed by atoms with Crippen LogP contribution in [-0.2, 0) is 14.4 Å². The first-order chi connectivity index (χ1) is 46.3. The molecule has 97 heavy (non-hydrogen) atoms. The summed E-state index contributed by atoms with van der Waals surface area (Å²) in [6.07, 6.45) is 8.18. The molecule has 7 aliphatic rings. The Hall–Kier alpha value is -11.1. The van der Waals surface area contributed by atoms with Crippen molar-refractivity contribution in [3.8, 4) is 68.7 Å². The van der Waals surface area contributed by atoms with Gasteiger partial charge in [-0.2, -0.15) is 28.5 Å². The SMILES string of the molecule is C=CC(=O)N1CC2(CC(n3nc(-c4ccc(OC5CC5)cc4)c(C(N)=O)c3N)C2)C1.C=CC(=O)N1CCC2(CC(n3nc(-c4ccc(Oc5ccccc5)nc4)c(C(N)=O)c3N)C2)C1.CC#CC(=O)N1CC2(CC(n3nc(-c4ccc(OCC(F)(F)F)cc4)c(C(N)=O)c3N)C2)C1. The van der Waals surface area contributed by atoms with Gasteiger partial charge in [-0.25, -0.2) is 19.0 Å². The molecule has 3 spiro atoms. The predicted molar refractivity (Wildman–Crippen MR) is 352 cm³/mol. The van der Waals surface area contributed by atoms with Crippen molar-refractivity contribution in [2.75, 3.05) is 63.1 Å². The molecule has 6 amide bonds. The number of nitrogens with zero attached hydrogens (tertiary/aromatic N) is 10. The number of halogens is 3. The number of nitrogen functional groups attached to an aromatic ring is 3. The number of hydrogen-bond donors (Lipinski definition) is 6. The van der Waals surface area contributed by atoms with Crippen molar-refractivity contribution in [2.24, 2.45) is 33.4 Å². The van der Waals surface area contributed by atoms with Crippen LogP contribution in [0, 0.1) is 28.1 Å². The highest BCUT2D eigenvalue weighted by molar-refractivity contribution is 6.05. The van der Waals surface area contributed by atoms with Crippen molar-refractivity contribution in [3.63, 3.8) is 0 Å². The van der Waals surface area contributed by atoms with Crippen LogP contribution in [0.4, 0.5) is 30.6 Å². The number of primary amides is 3. The molecule has 28 heteroatoms. The monoisotopic (exact) mass is 1330 g/mol. The molecule has 0 radical (unpaired) electrons. The van der Waals surface area contributed by atoms with Crippen molar-refractivity contribution >= 4 is 52.9 Å². The Kier molecular flexibility index (Phi) is 17.6. The average Bonchev–Trinajstić information content (AvgIpc) is 1.40. The van der Waals surface area contributed by atoms with Crippen LogP contribution in [0.1, 0.15) is 114 Å². The van der Waals surface area contributed by atoms with Gasteiger partial charge >= 0.3 is 6.18 Å². The number of rotatable bonds is 17. The van der Waals surface area contributed by atoms with Crippen molar-refractivity contribution in [1.82, 2.24) is 49.0 Å². The minimum atomic E-state index is -4.45. The van der Waals surface area contributed by atoms with E-state index in [9.17, 15) is 41.9 Å². The van der Waals surface area contributed by atoms with Gasteiger partial charge in [0.2, 0.25) is 17.7 Å². The second-order valence-electron chi connectivity index (χ2n) is 26.2. The maximum Gasteiger partial charge on any atom is 0.422 e. The highest BCUT2D eigenvalue weighted by Crippen LogP contribution is 2.57. The van der Waals surface area contributed by atoms with Crippen LogP contribution >= 0.6 is 0 Å². The summed E-state index contributed by atoms with van der Waals surface area (Å²) in [6, 6.07) is 26.1. The summed E-state index contributed by atoms with van der Waals surface area (Å²) in [5.41, 5.74) is 39.4. The smallest absolute Gasteiger partial charge is 0.422 e. The van der Waals surface area contributed by atoms with Crippen LogP contribution in [0.25, 0.3) is 33.8 Å². The molecule has 7 heterocycles. The van der Waals surface area contributed by atoms with Crippen LogP contribution in [0.3, 0.4) is 0 Å². The Morgan fingerprint density at radius 1 is 0.577 bits per heavy atom. The highest BCUT2D eigenvalue weighted by Gasteiger charge is 2.56. The van der Waals surface area contributed by atoms with Gasteiger partial charge in [0.15, 0.2) is 6.61 Å². The van der Waals surface area contributed by atoms with E-state index in [-0.39, 0.29) is 91.9 Å². The number of alkyl halides is 3. The van der Waals surface area contributed by atoms with E-state index in [0.717, 1.165) is 88.7 Å². The number of pyridine rings is 1. The molecule has 14 rings (SSSR count). The molecular formula is C69H73F3N16O9. The van der Waals surface area contributed by atoms with Gasteiger partial charge in [0.1, 0.15) is 68.5 Å². The maximum atomic E-state index is 12.3. The fourth-order valence-electron chi connectivity index (χ4n) is 14.2. The predicted octanol–water partition coefficient (Wildman–Crippen LogP) is 7.64. The first kappa shape index (κ1) is 65.9. The number of hydrogen-bond acceptors (Lipinski definition) is 16. The number of amides is 6. The van der Waals surface area contributed by atoms with Gasteiger partial charge in [-0.15, -0.1) is 0 Å². The van der Waals surface area contributed by atoms with Crippen LogP contribution in [0.5, 0.6) is 23.1 Å². The van der Waals surface area contributed by atoms with E-state index in [0.29, 0.717) is 65.7 Å². The van der Waals surface area contributed by atoms with Gasteiger partial charge in [-0.3, -0.25) is 28.8 Å². The number of nitrogens with two attached hydrogens (primary N) is 6. The summed E-state index contributed by atoms with van der Waals surface area (Å²) < 4.78 is 58.3. The second kappa shape index (κ2) is 25.9. The van der Waals surface area contributed by atoms with E-state index >= 15 is 0 Å². The maximum absolute atomic E-state index is 12.3. The number of ether oxygens (including phenoxy) is 3. The van der Waals surface area contributed by atoms with Crippen LogP contribution in [0.15, 0.2) is 123 Å². The number of likely N-dealkylation sites (tertiary alicyclic amines) is 3. The zero-order valence-electron chi connectivity index (χ0n) is 53.2. The molecule has 0 bridgehead atoms. The van der Waals surface area contributed by atoms with E-state index < -0.39 is 30.5 Å². The molecule has 7 fully saturated rings. The lowest BCUT2D eigenvalue weighted by atomic mass is 9.60. The van der Waals surface area contributed by atoms with E-state index in [1.54, 1.807) is 49.1 Å². The first-order valence-corrected chi connectivity index (χ1v) is 31.6. The Labute approximate surface area is 555 Å². The Morgan fingerprint density at radius 2 is 1.01 bits per heavy atom. The third-order valence-electron chi connectivity index (χ3n) is 19.1. The highest BCUT2D eigenvalue weighted by atomic mass is 19.4. The number of anilines is 3. The van der Waals surface area contributed by atoms with Crippen molar-refractivity contribution in [1.29, 1.82) is 0 Å². The summed E-state index contributed by atoms with van der Waals surface area (Å²) >= 11 is 0. The number of benzene rings is 3. The molecule has 3 aromatic carbocycles. The third-order valence-corrected chi connectivity index (χ3v) is 19.1. The Bertz CT molecular complexity index is 4290. The van der Waals surface area contributed by atoms with Gasteiger partial charge in [0.25, 0.3) is 23.6 Å². The van der Waals surface area contributed by atoms with Gasteiger partial charge < -0.3 is 63.3 Å². The molecule has 4 saturated carbocycles. The largest absolute Gasteiger partial charge is 0.490 e. The average molecular weight is 1330 g/mol. The lowest BCUT2D eigenvalue weighted by Crippen LogP contribution is -2.63. The van der Waals surface area contributed by atoms with E-state index in [1.165, 1.54) is 36.4 Å². The molecule has 0 atom stereocenters. The zero-order chi connectivity index (χ0) is 68.9. The van der Waals surface area contributed by atoms with Crippen LogP contribution in [0.2, 0.25) is 0 Å². The van der Waals surface area contributed by atoms with E-state index in [4.69, 9.17) is 48.6 Å². The van der Waals surface area contributed by atoms with Gasteiger partial charge in [-0.05, 0) is 155 Å². The van der Waals surface area contributed by atoms with Crippen molar-refractivity contribution in [2.45, 2.75) is 95.1 Å². The molecule has 25 nitrogen and oxygen atoms in total. The van der Waals surface area contributed by atoms with Crippen LogP contribution < -0.4 is 48.6 Å². The lowest BCUT2D eigenvalue weighted by molar-refractivity contribution is -0.153. The van der Waals surface area contributed by atoms with Gasteiger partial charge in [0, 0.05) is 79.1 Å². The summed E-state index contributed by atoms with van der Waals surface area (Å²) in [5, 5.41) is 13.9. The molecule has 504 valence electrons. The molecule has 3 saturated heterocycles. The normalized spacial score (nSPS) is 17.8. The topological polar surface area (TPSA) is 362 Å². The fraction of sp³-hybridized carbons (Fsp3) is 0.362. The second-order valence-corrected chi connectivity index (χ2v) is 26.2. The van der Waals surface area contributed by atoms with E-state index in [2.05, 4.69) is 45.3 Å².